The maximum atomic E-state index is 12.9. The first-order valence-electron chi connectivity index (χ1n) is 6.55. The first kappa shape index (κ1) is 14.0. The molecule has 2 rings (SSSR count). The molecule has 0 aromatic heterocycles. The molecule has 4 nitrogen and oxygen atoms in total. The molecule has 19 heavy (non-hydrogen) atoms. The minimum atomic E-state index is -0.281. The van der Waals surface area contributed by atoms with Gasteiger partial charge in [0.1, 0.15) is 5.82 Å². The summed E-state index contributed by atoms with van der Waals surface area (Å²) in [5.41, 5.74) is 0.772. The Morgan fingerprint density at radius 3 is 2.63 bits per heavy atom. The molecule has 1 unspecified atom stereocenters. The van der Waals surface area contributed by atoms with Gasteiger partial charge < -0.3 is 10.2 Å². The van der Waals surface area contributed by atoms with Crippen molar-refractivity contribution in [3.8, 4) is 0 Å². The summed E-state index contributed by atoms with van der Waals surface area (Å²) in [6.45, 7) is 2.28. The number of carbonyl (C=O) groups is 1. The van der Waals surface area contributed by atoms with Crippen molar-refractivity contribution in [1.29, 1.82) is 0 Å². The lowest BCUT2D eigenvalue weighted by Gasteiger charge is -2.38. The van der Waals surface area contributed by atoms with Crippen molar-refractivity contribution >= 4 is 11.6 Å². The van der Waals surface area contributed by atoms with E-state index in [-0.39, 0.29) is 17.8 Å². The van der Waals surface area contributed by atoms with Crippen molar-refractivity contribution < 1.29 is 9.18 Å². The average Bonchev–Trinajstić information content (AvgIpc) is 2.40. The molecule has 0 bridgehead atoms. The number of anilines is 1. The van der Waals surface area contributed by atoms with Crippen LogP contribution in [0.2, 0.25) is 0 Å². The monoisotopic (exact) mass is 265 g/mol. The molecule has 1 fully saturated rings. The van der Waals surface area contributed by atoms with Crippen molar-refractivity contribution in [2.45, 2.75) is 12.5 Å². The van der Waals surface area contributed by atoms with Crippen molar-refractivity contribution in [2.75, 3.05) is 38.6 Å². The van der Waals surface area contributed by atoms with Crippen LogP contribution in [0.4, 0.5) is 10.1 Å². The Bertz CT molecular complexity index is 435. The summed E-state index contributed by atoms with van der Waals surface area (Å²) in [4.78, 5) is 16.3. The molecule has 1 aromatic rings. The Balaban J connectivity index is 2.13. The molecular formula is C14H20FN3O. The number of hydrogen-bond donors (Lipinski definition) is 1. The van der Waals surface area contributed by atoms with E-state index in [1.54, 1.807) is 17.0 Å². The smallest absolute Gasteiger partial charge is 0.244 e. The molecule has 1 amide bonds. The molecule has 1 aliphatic heterocycles. The van der Waals surface area contributed by atoms with E-state index in [2.05, 4.69) is 10.2 Å². The molecule has 0 spiro atoms. The highest BCUT2D eigenvalue weighted by Gasteiger charge is 2.32. The van der Waals surface area contributed by atoms with E-state index in [9.17, 15) is 9.18 Å². The summed E-state index contributed by atoms with van der Waals surface area (Å²) in [5.74, 6) is -0.187. The molecule has 0 saturated carbocycles. The standard InChI is InChI=1S/C14H20FN3O/c1-16-8-7-13-14(19)18(10-9-17(13)2)12-5-3-11(15)4-6-12/h3-6,13,16H,7-10H2,1-2H3. The van der Waals surface area contributed by atoms with Crippen LogP contribution in [0, 0.1) is 5.82 Å². The van der Waals surface area contributed by atoms with Gasteiger partial charge in [-0.05, 0) is 51.3 Å². The maximum absolute atomic E-state index is 12.9. The van der Waals surface area contributed by atoms with Crippen LogP contribution in [0.3, 0.4) is 0 Å². The number of likely N-dealkylation sites (N-methyl/N-ethyl adjacent to an activating group) is 1. The Kier molecular flexibility index (Phi) is 4.50. The Hall–Kier alpha value is -1.46. The highest BCUT2D eigenvalue weighted by atomic mass is 19.1. The zero-order valence-corrected chi connectivity index (χ0v) is 11.4. The maximum Gasteiger partial charge on any atom is 0.244 e. The molecule has 1 atom stereocenters. The number of rotatable bonds is 4. The fourth-order valence-corrected chi connectivity index (χ4v) is 2.39. The van der Waals surface area contributed by atoms with Crippen LogP contribution in [0.25, 0.3) is 0 Å². The number of hydrogen-bond acceptors (Lipinski definition) is 3. The normalized spacial score (nSPS) is 20.9. The van der Waals surface area contributed by atoms with Crippen molar-refractivity contribution in [3.05, 3.63) is 30.1 Å². The largest absolute Gasteiger partial charge is 0.320 e. The van der Waals surface area contributed by atoms with E-state index in [4.69, 9.17) is 0 Å². The molecule has 1 N–H and O–H groups in total. The average molecular weight is 265 g/mol. The predicted molar refractivity (Wildman–Crippen MR) is 73.7 cm³/mol. The number of carbonyl (C=O) groups excluding carboxylic acids is 1. The topological polar surface area (TPSA) is 35.6 Å². The zero-order chi connectivity index (χ0) is 13.8. The van der Waals surface area contributed by atoms with Crippen LogP contribution in [-0.4, -0.2) is 50.6 Å². The minimum absolute atomic E-state index is 0.0932. The van der Waals surface area contributed by atoms with Crippen LogP contribution < -0.4 is 10.2 Å². The Morgan fingerprint density at radius 2 is 2.00 bits per heavy atom. The summed E-state index contributed by atoms with van der Waals surface area (Å²) >= 11 is 0. The van der Waals surface area contributed by atoms with Crippen LogP contribution in [0.15, 0.2) is 24.3 Å². The summed E-state index contributed by atoms with van der Waals surface area (Å²) in [7, 11) is 3.85. The molecule has 5 heteroatoms. The van der Waals surface area contributed by atoms with Gasteiger partial charge in [-0.15, -0.1) is 0 Å². The fourth-order valence-electron chi connectivity index (χ4n) is 2.39. The summed E-state index contributed by atoms with van der Waals surface area (Å²) < 4.78 is 12.9. The summed E-state index contributed by atoms with van der Waals surface area (Å²) in [6.07, 6.45) is 0.781. The van der Waals surface area contributed by atoms with Crippen molar-refractivity contribution in [1.82, 2.24) is 10.2 Å². The first-order valence-corrected chi connectivity index (χ1v) is 6.55. The number of halogens is 1. The molecular weight excluding hydrogens is 245 g/mol. The second-order valence-corrected chi connectivity index (χ2v) is 4.85. The highest BCUT2D eigenvalue weighted by molar-refractivity contribution is 5.97. The summed E-state index contributed by atoms with van der Waals surface area (Å²) in [5, 5.41) is 3.07. The molecule has 1 aromatic carbocycles. The van der Waals surface area contributed by atoms with E-state index in [0.29, 0.717) is 6.54 Å². The van der Waals surface area contributed by atoms with Gasteiger partial charge in [-0.2, -0.15) is 0 Å². The number of nitrogens with zero attached hydrogens (tertiary/aromatic N) is 2. The molecule has 1 heterocycles. The third-order valence-corrected chi connectivity index (χ3v) is 3.57. The number of piperazine rings is 1. The number of nitrogens with one attached hydrogen (secondary N) is 1. The van der Waals surface area contributed by atoms with Gasteiger partial charge in [0, 0.05) is 18.8 Å². The van der Waals surface area contributed by atoms with E-state index >= 15 is 0 Å². The molecule has 104 valence electrons. The quantitative estimate of drug-likeness (QED) is 0.885. The van der Waals surface area contributed by atoms with Gasteiger partial charge in [-0.25, -0.2) is 4.39 Å². The van der Waals surface area contributed by atoms with Crippen LogP contribution in [0.1, 0.15) is 6.42 Å². The van der Waals surface area contributed by atoms with E-state index in [1.807, 2.05) is 14.1 Å². The second-order valence-electron chi connectivity index (χ2n) is 4.85. The Labute approximate surface area is 113 Å². The van der Waals surface area contributed by atoms with Crippen LogP contribution in [0.5, 0.6) is 0 Å². The molecule has 0 aliphatic carbocycles. The van der Waals surface area contributed by atoms with Crippen LogP contribution in [-0.2, 0) is 4.79 Å². The number of benzene rings is 1. The fraction of sp³-hybridized carbons (Fsp3) is 0.500. The van der Waals surface area contributed by atoms with Gasteiger partial charge in [-0.1, -0.05) is 0 Å². The first-order chi connectivity index (χ1) is 9.13. The Morgan fingerprint density at radius 1 is 1.32 bits per heavy atom. The van der Waals surface area contributed by atoms with Crippen molar-refractivity contribution in [2.24, 2.45) is 0 Å². The van der Waals surface area contributed by atoms with Gasteiger partial charge in [0.25, 0.3) is 0 Å². The van der Waals surface area contributed by atoms with E-state index < -0.39 is 0 Å². The van der Waals surface area contributed by atoms with Gasteiger partial charge in [-0.3, -0.25) is 9.69 Å². The second kappa shape index (κ2) is 6.12. The molecule has 1 aliphatic rings. The molecule has 0 radical (unpaired) electrons. The van der Waals surface area contributed by atoms with Crippen molar-refractivity contribution in [3.63, 3.8) is 0 Å². The lowest BCUT2D eigenvalue weighted by Crippen LogP contribution is -2.56. The third kappa shape index (κ3) is 3.11. The SMILES string of the molecule is CNCCC1C(=O)N(c2ccc(F)cc2)CCN1C. The molecule has 1 saturated heterocycles. The highest BCUT2D eigenvalue weighted by Crippen LogP contribution is 2.21. The minimum Gasteiger partial charge on any atom is -0.320 e. The van der Waals surface area contributed by atoms with Gasteiger partial charge in [0.05, 0.1) is 6.04 Å². The van der Waals surface area contributed by atoms with Gasteiger partial charge >= 0.3 is 0 Å². The lowest BCUT2D eigenvalue weighted by atomic mass is 10.1. The summed E-state index contributed by atoms with van der Waals surface area (Å²) in [6, 6.07) is 6.00. The van der Waals surface area contributed by atoms with Gasteiger partial charge in [0.2, 0.25) is 5.91 Å². The van der Waals surface area contributed by atoms with E-state index in [1.165, 1.54) is 12.1 Å². The lowest BCUT2D eigenvalue weighted by molar-refractivity contribution is -0.125. The van der Waals surface area contributed by atoms with Crippen LogP contribution >= 0.6 is 0 Å². The number of amides is 1. The zero-order valence-electron chi connectivity index (χ0n) is 11.4. The van der Waals surface area contributed by atoms with E-state index in [0.717, 1.165) is 25.2 Å². The van der Waals surface area contributed by atoms with Gasteiger partial charge in [0.15, 0.2) is 0 Å². The third-order valence-electron chi connectivity index (χ3n) is 3.57. The predicted octanol–water partition coefficient (Wildman–Crippen LogP) is 1.08.